The molecule has 8 nitrogen and oxygen atoms in total. The van der Waals surface area contributed by atoms with Crippen LogP contribution in [0.5, 0.6) is 5.75 Å². The maximum absolute atomic E-state index is 12.0. The second-order valence-corrected chi connectivity index (χ2v) is 4.84. The maximum Gasteiger partial charge on any atom is 0.439 e. The van der Waals surface area contributed by atoms with E-state index in [0.29, 0.717) is 5.69 Å². The van der Waals surface area contributed by atoms with Crippen LogP contribution in [0.2, 0.25) is 0 Å². The minimum Gasteiger partial charge on any atom is -0.409 e. The van der Waals surface area contributed by atoms with Gasteiger partial charge in [0.05, 0.1) is 13.5 Å². The highest BCUT2D eigenvalue weighted by atomic mass is 16.7. The fourth-order valence-electron chi connectivity index (χ4n) is 1.60. The molecule has 2 amide bonds. The molecule has 0 saturated heterocycles. The third-order valence-corrected chi connectivity index (χ3v) is 3.20. The molecular weight excluding hydrogens is 304 g/mol. The van der Waals surface area contributed by atoms with Gasteiger partial charge >= 0.3 is 6.09 Å². The summed E-state index contributed by atoms with van der Waals surface area (Å²) in [6, 6.07) is 6.44. The van der Waals surface area contributed by atoms with Crippen molar-refractivity contribution in [2.45, 2.75) is 19.1 Å². The summed E-state index contributed by atoms with van der Waals surface area (Å²) in [5.41, 5.74) is 0.481. The van der Waals surface area contributed by atoms with Crippen LogP contribution in [0.25, 0.3) is 0 Å². The number of hydrogen-bond donors (Lipinski definition) is 1. The average molecular weight is 326 g/mol. The Bertz CT molecular complexity index is 545. The number of ether oxygens (including phenoxy) is 3. The smallest absolute Gasteiger partial charge is 0.409 e. The molecule has 0 spiro atoms. The zero-order valence-electron chi connectivity index (χ0n) is 13.9. The molecule has 1 aromatic rings. The van der Waals surface area contributed by atoms with Crippen LogP contribution in [0.4, 0.5) is 10.5 Å². The molecular formula is C15H22N2O6. The second kappa shape index (κ2) is 8.47. The van der Waals surface area contributed by atoms with Crippen molar-refractivity contribution in [1.29, 1.82) is 0 Å². The van der Waals surface area contributed by atoms with Crippen LogP contribution in [0, 0.1) is 0 Å². The van der Waals surface area contributed by atoms with Gasteiger partial charge in [-0.25, -0.2) is 4.79 Å². The molecule has 8 heteroatoms. The van der Waals surface area contributed by atoms with Gasteiger partial charge in [0.2, 0.25) is 5.91 Å². The number of hydroxylamine groups is 2. The molecule has 0 heterocycles. The first kappa shape index (κ1) is 18.9. The molecule has 0 unspecified atom stereocenters. The normalized spacial score (nSPS) is 11.0. The minimum absolute atomic E-state index is 0.0103. The van der Waals surface area contributed by atoms with E-state index in [4.69, 9.17) is 19.0 Å². The number of benzene rings is 1. The number of hydrogen-bond acceptors (Lipinski definition) is 6. The van der Waals surface area contributed by atoms with Crippen molar-refractivity contribution < 1.29 is 28.6 Å². The molecule has 0 saturated carbocycles. The van der Waals surface area contributed by atoms with E-state index in [1.54, 1.807) is 25.1 Å². The summed E-state index contributed by atoms with van der Waals surface area (Å²) >= 11 is 0. The Morgan fingerprint density at radius 2 is 1.87 bits per heavy atom. The van der Waals surface area contributed by atoms with Crippen molar-refractivity contribution >= 4 is 17.7 Å². The van der Waals surface area contributed by atoms with Crippen LogP contribution in [-0.4, -0.2) is 51.2 Å². The zero-order chi connectivity index (χ0) is 17.5. The molecule has 0 aliphatic rings. The van der Waals surface area contributed by atoms with Gasteiger partial charge in [0, 0.05) is 33.0 Å². The van der Waals surface area contributed by atoms with Crippen molar-refractivity contribution in [3.05, 3.63) is 24.3 Å². The predicted octanol–water partition coefficient (Wildman–Crippen LogP) is 2.02. The topological polar surface area (TPSA) is 86.3 Å². The lowest BCUT2D eigenvalue weighted by Crippen LogP contribution is -2.34. The lowest BCUT2D eigenvalue weighted by Gasteiger charge is -2.25. The number of amides is 2. The van der Waals surface area contributed by atoms with E-state index in [1.165, 1.54) is 34.4 Å². The number of nitrogens with zero attached hydrogens (tertiary/aromatic N) is 1. The SMILES string of the molecule is CON(C)C(=O)Oc1cccc(NC(=O)CC(C)(OC)OC)c1. The van der Waals surface area contributed by atoms with Crippen LogP contribution in [-0.2, 0) is 19.1 Å². The number of carbonyl (C=O) groups is 2. The minimum atomic E-state index is -1.00. The number of anilines is 1. The largest absolute Gasteiger partial charge is 0.439 e. The molecule has 0 aromatic heterocycles. The van der Waals surface area contributed by atoms with Crippen molar-refractivity contribution in [2.24, 2.45) is 0 Å². The molecule has 0 aliphatic carbocycles. The van der Waals surface area contributed by atoms with Crippen LogP contribution in [0.1, 0.15) is 13.3 Å². The quantitative estimate of drug-likeness (QED) is 0.609. The maximum atomic E-state index is 12.0. The Labute approximate surface area is 135 Å². The van der Waals surface area contributed by atoms with Crippen molar-refractivity contribution in [3.63, 3.8) is 0 Å². The van der Waals surface area contributed by atoms with Gasteiger partial charge in [-0.1, -0.05) is 6.07 Å². The lowest BCUT2D eigenvalue weighted by molar-refractivity contribution is -0.196. The first-order valence-electron chi connectivity index (χ1n) is 6.83. The molecule has 1 aromatic carbocycles. The van der Waals surface area contributed by atoms with Gasteiger partial charge in [0.15, 0.2) is 5.79 Å². The van der Waals surface area contributed by atoms with Crippen LogP contribution in [0.15, 0.2) is 24.3 Å². The summed E-state index contributed by atoms with van der Waals surface area (Å²) in [6.07, 6.45) is -0.668. The van der Waals surface area contributed by atoms with Gasteiger partial charge < -0.3 is 19.5 Å². The summed E-state index contributed by atoms with van der Waals surface area (Å²) in [7, 11) is 5.69. The summed E-state index contributed by atoms with van der Waals surface area (Å²) < 4.78 is 15.4. The van der Waals surface area contributed by atoms with Gasteiger partial charge in [-0.2, -0.15) is 5.06 Å². The molecule has 23 heavy (non-hydrogen) atoms. The van der Waals surface area contributed by atoms with Crippen molar-refractivity contribution in [3.8, 4) is 5.75 Å². The number of rotatable bonds is 7. The summed E-state index contributed by atoms with van der Waals surface area (Å²) in [5.74, 6) is -1.03. The third-order valence-electron chi connectivity index (χ3n) is 3.20. The number of nitrogens with one attached hydrogen (secondary N) is 1. The van der Waals surface area contributed by atoms with Gasteiger partial charge in [0.25, 0.3) is 0 Å². The Morgan fingerprint density at radius 1 is 1.22 bits per heavy atom. The molecule has 1 N–H and O–H groups in total. The van der Waals surface area contributed by atoms with E-state index >= 15 is 0 Å². The first-order chi connectivity index (χ1) is 10.8. The van der Waals surface area contributed by atoms with Crippen molar-refractivity contribution in [2.75, 3.05) is 33.7 Å². The summed E-state index contributed by atoms with van der Waals surface area (Å²) in [5, 5.41) is 3.63. The number of methoxy groups -OCH3 is 2. The average Bonchev–Trinajstić information content (AvgIpc) is 2.53. The van der Waals surface area contributed by atoms with Crippen LogP contribution in [0.3, 0.4) is 0 Å². The zero-order valence-corrected chi connectivity index (χ0v) is 13.9. The van der Waals surface area contributed by atoms with E-state index in [1.807, 2.05) is 0 Å². The molecule has 0 aliphatic heterocycles. The lowest BCUT2D eigenvalue weighted by atomic mass is 10.2. The van der Waals surface area contributed by atoms with Gasteiger partial charge in [-0.15, -0.1) is 0 Å². The Kier molecular flexibility index (Phi) is 6.95. The molecule has 1 rings (SSSR count). The monoisotopic (exact) mass is 326 g/mol. The molecule has 0 bridgehead atoms. The van der Waals surface area contributed by atoms with E-state index in [9.17, 15) is 9.59 Å². The fourth-order valence-corrected chi connectivity index (χ4v) is 1.60. The highest BCUT2D eigenvalue weighted by Gasteiger charge is 2.26. The molecule has 0 fully saturated rings. The fraction of sp³-hybridized carbons (Fsp3) is 0.467. The van der Waals surface area contributed by atoms with Crippen molar-refractivity contribution in [1.82, 2.24) is 5.06 Å². The highest BCUT2D eigenvalue weighted by molar-refractivity contribution is 5.91. The Hall–Kier alpha value is -2.16. The van der Waals surface area contributed by atoms with Gasteiger partial charge in [-0.05, 0) is 19.1 Å². The predicted molar refractivity (Wildman–Crippen MR) is 82.9 cm³/mol. The Balaban J connectivity index is 2.70. The Morgan fingerprint density at radius 3 is 2.43 bits per heavy atom. The summed E-state index contributed by atoms with van der Waals surface area (Å²) in [6.45, 7) is 1.66. The standard InChI is InChI=1S/C15H22N2O6/c1-15(20-3,21-4)10-13(18)16-11-7-6-8-12(9-11)23-14(19)17(2)22-5/h6-9H,10H2,1-5H3,(H,16,18). The van der Waals surface area contributed by atoms with Crippen LogP contribution >= 0.6 is 0 Å². The molecule has 0 radical (unpaired) electrons. The van der Waals surface area contributed by atoms with E-state index < -0.39 is 11.9 Å². The first-order valence-corrected chi connectivity index (χ1v) is 6.83. The molecule has 128 valence electrons. The summed E-state index contributed by atoms with van der Waals surface area (Å²) in [4.78, 5) is 28.3. The van der Waals surface area contributed by atoms with E-state index in [-0.39, 0.29) is 18.1 Å². The van der Waals surface area contributed by atoms with Gasteiger partial charge in [-0.3, -0.25) is 9.63 Å². The number of carbonyl (C=O) groups excluding carboxylic acids is 2. The van der Waals surface area contributed by atoms with Crippen LogP contribution < -0.4 is 10.1 Å². The third kappa shape index (κ3) is 5.85. The van der Waals surface area contributed by atoms with E-state index in [2.05, 4.69) is 5.32 Å². The van der Waals surface area contributed by atoms with Gasteiger partial charge in [0.1, 0.15) is 5.75 Å². The highest BCUT2D eigenvalue weighted by Crippen LogP contribution is 2.20. The molecule has 0 atom stereocenters. The van der Waals surface area contributed by atoms with E-state index in [0.717, 1.165) is 5.06 Å². The second-order valence-electron chi connectivity index (χ2n) is 4.84.